The third kappa shape index (κ3) is 5.35. The largest absolute Gasteiger partial charge is 0.492 e. The summed E-state index contributed by atoms with van der Waals surface area (Å²) in [5, 5.41) is 5.17. The molecule has 1 N–H and O–H groups in total. The van der Waals surface area contributed by atoms with Crippen LogP contribution in [0.2, 0.25) is 0 Å². The van der Waals surface area contributed by atoms with Gasteiger partial charge in [0.1, 0.15) is 28.9 Å². The van der Waals surface area contributed by atoms with Crippen LogP contribution in [-0.2, 0) is 0 Å². The predicted octanol–water partition coefficient (Wildman–Crippen LogP) is 4.14. The van der Waals surface area contributed by atoms with E-state index in [1.165, 1.54) is 23.5 Å². The molecule has 1 aromatic heterocycles. The molecule has 0 radical (unpaired) electrons. The Morgan fingerprint density at radius 2 is 1.85 bits per heavy atom. The van der Waals surface area contributed by atoms with E-state index in [-0.39, 0.29) is 11.7 Å². The maximum Gasteiger partial charge on any atom is 0.275 e. The van der Waals surface area contributed by atoms with Crippen molar-refractivity contribution in [3.8, 4) is 16.3 Å². The maximum atomic E-state index is 13.0. The van der Waals surface area contributed by atoms with Crippen molar-refractivity contribution in [3.63, 3.8) is 0 Å². The maximum absolute atomic E-state index is 13.0. The molecule has 0 bridgehead atoms. The van der Waals surface area contributed by atoms with Crippen molar-refractivity contribution in [2.75, 3.05) is 32.6 Å². The number of hydrogen-bond donors (Lipinski definition) is 1. The number of ether oxygens (including phenoxy) is 1. The number of nitrogens with zero attached hydrogens (tertiary/aromatic N) is 2. The highest BCUT2D eigenvalue weighted by molar-refractivity contribution is 7.13. The lowest BCUT2D eigenvalue weighted by atomic mass is 10.2. The van der Waals surface area contributed by atoms with E-state index in [2.05, 4.69) is 10.3 Å². The fourth-order valence-electron chi connectivity index (χ4n) is 2.28. The second kappa shape index (κ2) is 8.75. The molecule has 7 heteroatoms. The number of carbonyl (C=O) groups excluding carboxylic acids is 1. The van der Waals surface area contributed by atoms with Crippen LogP contribution in [-0.4, -0.2) is 43.0 Å². The normalized spacial score (nSPS) is 10.8. The van der Waals surface area contributed by atoms with Crippen LogP contribution in [0.25, 0.3) is 10.6 Å². The van der Waals surface area contributed by atoms with Crippen LogP contribution in [0.5, 0.6) is 5.75 Å². The Balaban J connectivity index is 1.59. The summed E-state index contributed by atoms with van der Waals surface area (Å²) in [6, 6.07) is 13.2. The number of benzene rings is 2. The second-order valence-electron chi connectivity index (χ2n) is 6.18. The summed E-state index contributed by atoms with van der Waals surface area (Å²) < 4.78 is 18.6. The van der Waals surface area contributed by atoms with Crippen molar-refractivity contribution in [2.45, 2.75) is 0 Å². The average Bonchev–Trinajstić information content (AvgIpc) is 3.14. The minimum Gasteiger partial charge on any atom is -0.492 e. The summed E-state index contributed by atoms with van der Waals surface area (Å²) in [4.78, 5) is 18.8. The molecule has 0 saturated heterocycles. The third-order valence-corrected chi connectivity index (χ3v) is 4.64. The van der Waals surface area contributed by atoms with Crippen LogP contribution in [0.15, 0.2) is 53.9 Å². The summed E-state index contributed by atoms with van der Waals surface area (Å²) in [7, 11) is 3.98. The Hall–Kier alpha value is -2.77. The summed E-state index contributed by atoms with van der Waals surface area (Å²) in [5.41, 5.74) is 1.77. The number of aromatic nitrogens is 1. The van der Waals surface area contributed by atoms with E-state index in [1.807, 2.05) is 31.1 Å². The van der Waals surface area contributed by atoms with Gasteiger partial charge in [0.25, 0.3) is 5.91 Å². The summed E-state index contributed by atoms with van der Waals surface area (Å²) in [5.74, 6) is 0.158. The van der Waals surface area contributed by atoms with Crippen LogP contribution in [0, 0.1) is 5.82 Å². The molecule has 27 heavy (non-hydrogen) atoms. The SMILES string of the molecule is CN(C)CCOc1ccc(NC(=O)c2csc(-c3ccc(F)cc3)n2)cc1. The third-order valence-electron chi connectivity index (χ3n) is 3.75. The van der Waals surface area contributed by atoms with E-state index in [1.54, 1.807) is 29.6 Å². The van der Waals surface area contributed by atoms with Gasteiger partial charge in [-0.05, 0) is 62.6 Å². The fraction of sp³-hybridized carbons (Fsp3) is 0.200. The second-order valence-corrected chi connectivity index (χ2v) is 7.03. The van der Waals surface area contributed by atoms with Crippen molar-refractivity contribution < 1.29 is 13.9 Å². The van der Waals surface area contributed by atoms with E-state index in [9.17, 15) is 9.18 Å². The van der Waals surface area contributed by atoms with Gasteiger partial charge in [-0.25, -0.2) is 9.37 Å². The topological polar surface area (TPSA) is 54.5 Å². The van der Waals surface area contributed by atoms with Crippen LogP contribution >= 0.6 is 11.3 Å². The molecule has 3 aromatic rings. The molecule has 1 heterocycles. The van der Waals surface area contributed by atoms with E-state index in [0.717, 1.165) is 17.9 Å². The lowest BCUT2D eigenvalue weighted by Crippen LogP contribution is -2.19. The lowest BCUT2D eigenvalue weighted by molar-refractivity contribution is 0.102. The van der Waals surface area contributed by atoms with Crippen molar-refractivity contribution in [1.82, 2.24) is 9.88 Å². The molecule has 0 saturated carbocycles. The Morgan fingerprint density at radius 3 is 2.52 bits per heavy atom. The number of halogens is 1. The molecule has 5 nitrogen and oxygen atoms in total. The van der Waals surface area contributed by atoms with Crippen molar-refractivity contribution in [1.29, 1.82) is 0 Å². The van der Waals surface area contributed by atoms with Gasteiger partial charge in [-0.3, -0.25) is 4.79 Å². The zero-order valence-corrected chi connectivity index (χ0v) is 15.9. The number of hydrogen-bond acceptors (Lipinski definition) is 5. The molecular weight excluding hydrogens is 365 g/mol. The first-order valence-electron chi connectivity index (χ1n) is 8.42. The molecule has 3 rings (SSSR count). The minimum atomic E-state index is -0.303. The smallest absolute Gasteiger partial charge is 0.275 e. The van der Waals surface area contributed by atoms with Crippen LogP contribution in [0.1, 0.15) is 10.5 Å². The first-order valence-corrected chi connectivity index (χ1v) is 9.29. The van der Waals surface area contributed by atoms with Gasteiger partial charge >= 0.3 is 0 Å². The summed E-state index contributed by atoms with van der Waals surface area (Å²) in [6.07, 6.45) is 0. The number of anilines is 1. The molecule has 0 unspecified atom stereocenters. The fourth-order valence-corrected chi connectivity index (χ4v) is 3.08. The molecule has 0 atom stereocenters. The molecule has 0 aliphatic carbocycles. The van der Waals surface area contributed by atoms with Crippen LogP contribution in [0.3, 0.4) is 0 Å². The van der Waals surface area contributed by atoms with Gasteiger partial charge in [-0.15, -0.1) is 11.3 Å². The van der Waals surface area contributed by atoms with E-state index < -0.39 is 0 Å². The zero-order valence-electron chi connectivity index (χ0n) is 15.1. The molecule has 0 spiro atoms. The van der Waals surface area contributed by atoms with E-state index in [4.69, 9.17) is 4.74 Å². The standard InChI is InChI=1S/C20H20FN3O2S/c1-24(2)11-12-26-17-9-7-16(8-10-17)22-19(25)18-13-27-20(23-18)14-3-5-15(21)6-4-14/h3-10,13H,11-12H2,1-2H3,(H,22,25). The quantitative estimate of drug-likeness (QED) is 0.664. The number of rotatable bonds is 7. The molecule has 2 aromatic carbocycles. The Kier molecular flexibility index (Phi) is 6.16. The van der Waals surface area contributed by atoms with Crippen molar-refractivity contribution >= 4 is 22.9 Å². The molecule has 0 aliphatic heterocycles. The predicted molar refractivity (Wildman–Crippen MR) is 106 cm³/mol. The Morgan fingerprint density at radius 1 is 1.15 bits per heavy atom. The Labute approximate surface area is 161 Å². The molecule has 0 aliphatic rings. The first-order chi connectivity index (χ1) is 13.0. The van der Waals surface area contributed by atoms with E-state index >= 15 is 0 Å². The number of nitrogens with one attached hydrogen (secondary N) is 1. The monoisotopic (exact) mass is 385 g/mol. The summed E-state index contributed by atoms with van der Waals surface area (Å²) in [6.45, 7) is 1.43. The highest BCUT2D eigenvalue weighted by Crippen LogP contribution is 2.24. The molecular formula is C20H20FN3O2S. The van der Waals surface area contributed by atoms with Crippen LogP contribution in [0.4, 0.5) is 10.1 Å². The van der Waals surface area contributed by atoms with Gasteiger partial charge in [0.2, 0.25) is 0 Å². The van der Waals surface area contributed by atoms with Gasteiger partial charge in [-0.1, -0.05) is 0 Å². The highest BCUT2D eigenvalue weighted by atomic mass is 32.1. The zero-order chi connectivity index (χ0) is 19.2. The van der Waals surface area contributed by atoms with E-state index in [0.29, 0.717) is 23.0 Å². The van der Waals surface area contributed by atoms with Gasteiger partial charge in [-0.2, -0.15) is 0 Å². The van der Waals surface area contributed by atoms with Gasteiger partial charge in [0, 0.05) is 23.2 Å². The number of carbonyl (C=O) groups is 1. The van der Waals surface area contributed by atoms with Gasteiger partial charge < -0.3 is 15.0 Å². The first kappa shape index (κ1) is 19.0. The molecule has 140 valence electrons. The van der Waals surface area contributed by atoms with Gasteiger partial charge in [0.05, 0.1) is 0 Å². The van der Waals surface area contributed by atoms with Crippen molar-refractivity contribution in [3.05, 3.63) is 65.4 Å². The van der Waals surface area contributed by atoms with Crippen LogP contribution < -0.4 is 10.1 Å². The van der Waals surface area contributed by atoms with Gasteiger partial charge in [0.15, 0.2) is 0 Å². The number of likely N-dealkylation sites (N-methyl/N-ethyl adjacent to an activating group) is 1. The minimum absolute atomic E-state index is 0.291. The van der Waals surface area contributed by atoms with Crippen molar-refractivity contribution in [2.24, 2.45) is 0 Å². The average molecular weight is 385 g/mol. The Bertz CT molecular complexity index is 892. The highest BCUT2D eigenvalue weighted by Gasteiger charge is 2.12. The summed E-state index contributed by atoms with van der Waals surface area (Å²) >= 11 is 1.34. The molecule has 1 amide bonds. The molecule has 0 fully saturated rings. The lowest BCUT2D eigenvalue weighted by Gasteiger charge is -2.11. The number of amides is 1. The number of thiazole rings is 1.